The zero-order chi connectivity index (χ0) is 23.2. The molecule has 0 unspecified atom stereocenters. The van der Waals surface area contributed by atoms with E-state index in [1.54, 1.807) is 65.8 Å². The molecule has 168 valence electrons. The number of carbonyl (C=O) groups excluding carboxylic acids is 2. The van der Waals surface area contributed by atoms with Gasteiger partial charge in [-0.15, -0.1) is 20.4 Å². The van der Waals surface area contributed by atoms with E-state index in [-0.39, 0.29) is 12.4 Å². The fraction of sp³-hybridized carbons (Fsp3) is 0.524. The third kappa shape index (κ3) is 8.15. The van der Waals surface area contributed by atoms with Crippen LogP contribution in [0.25, 0.3) is 11.4 Å². The summed E-state index contributed by atoms with van der Waals surface area (Å²) < 4.78 is 10.6. The van der Waals surface area contributed by atoms with Crippen molar-refractivity contribution in [2.45, 2.75) is 66.2 Å². The van der Waals surface area contributed by atoms with Crippen molar-refractivity contribution in [3.8, 4) is 11.4 Å². The molecular weight excluding hydrogens is 400 g/mol. The molecule has 0 radical (unpaired) electrons. The molecule has 1 heterocycles. The quantitative estimate of drug-likeness (QED) is 0.755. The largest absolute Gasteiger partial charge is 0.444 e. The van der Waals surface area contributed by atoms with Crippen molar-refractivity contribution in [2.75, 3.05) is 11.9 Å². The summed E-state index contributed by atoms with van der Waals surface area (Å²) in [6.07, 6.45) is -1.01. The van der Waals surface area contributed by atoms with Crippen LogP contribution >= 0.6 is 0 Å². The van der Waals surface area contributed by atoms with E-state index in [0.29, 0.717) is 23.6 Å². The Morgan fingerprint density at radius 3 is 2.13 bits per heavy atom. The van der Waals surface area contributed by atoms with Crippen LogP contribution in [-0.2, 0) is 16.0 Å². The minimum Gasteiger partial charge on any atom is -0.444 e. The lowest BCUT2D eigenvalue weighted by Gasteiger charge is -2.25. The Kier molecular flexibility index (Phi) is 7.48. The average Bonchev–Trinajstić information content (AvgIpc) is 2.63. The molecule has 31 heavy (non-hydrogen) atoms. The Bertz CT molecular complexity index is 903. The van der Waals surface area contributed by atoms with Crippen LogP contribution < -0.4 is 5.32 Å². The van der Waals surface area contributed by atoms with Crippen molar-refractivity contribution in [3.05, 3.63) is 30.1 Å². The molecule has 10 heteroatoms. The number of hydrogen-bond donors (Lipinski definition) is 1. The lowest BCUT2D eigenvalue weighted by atomic mass is 10.2. The first-order chi connectivity index (χ1) is 14.4. The van der Waals surface area contributed by atoms with E-state index in [9.17, 15) is 9.59 Å². The number of ether oxygens (including phenoxy) is 2. The minimum absolute atomic E-state index is 0.131. The molecule has 0 atom stereocenters. The molecule has 0 fully saturated rings. The highest BCUT2D eigenvalue weighted by Crippen LogP contribution is 2.19. The van der Waals surface area contributed by atoms with Gasteiger partial charge in [0.15, 0.2) is 5.82 Å². The maximum Gasteiger partial charge on any atom is 0.412 e. The van der Waals surface area contributed by atoms with Crippen LogP contribution in [0.15, 0.2) is 24.3 Å². The Labute approximate surface area is 182 Å². The second-order valence-electron chi connectivity index (χ2n) is 8.84. The van der Waals surface area contributed by atoms with Gasteiger partial charge in [0, 0.05) is 17.8 Å². The molecule has 0 aliphatic heterocycles. The van der Waals surface area contributed by atoms with Gasteiger partial charge in [-0.25, -0.2) is 9.59 Å². The molecule has 0 saturated carbocycles. The number of rotatable bonds is 5. The fourth-order valence-corrected chi connectivity index (χ4v) is 2.39. The second-order valence-corrected chi connectivity index (χ2v) is 8.84. The van der Waals surface area contributed by atoms with Crippen molar-refractivity contribution in [1.82, 2.24) is 25.3 Å². The maximum atomic E-state index is 12.3. The first kappa shape index (κ1) is 24.0. The molecule has 1 N–H and O–H groups in total. The van der Waals surface area contributed by atoms with Gasteiger partial charge < -0.3 is 14.4 Å². The van der Waals surface area contributed by atoms with Crippen LogP contribution in [0.1, 0.15) is 54.3 Å². The molecule has 2 amide bonds. The molecule has 0 saturated heterocycles. The van der Waals surface area contributed by atoms with Crippen molar-refractivity contribution >= 4 is 17.9 Å². The van der Waals surface area contributed by atoms with Gasteiger partial charge in [-0.1, -0.05) is 12.1 Å². The Morgan fingerprint density at radius 1 is 0.968 bits per heavy atom. The summed E-state index contributed by atoms with van der Waals surface area (Å²) in [7, 11) is 0. The average molecular weight is 431 g/mol. The highest BCUT2D eigenvalue weighted by molar-refractivity contribution is 5.85. The van der Waals surface area contributed by atoms with Crippen LogP contribution in [0.3, 0.4) is 0 Å². The summed E-state index contributed by atoms with van der Waals surface area (Å²) in [5.74, 6) is 0.580. The fourth-order valence-electron chi connectivity index (χ4n) is 2.39. The summed E-state index contributed by atoms with van der Waals surface area (Å²) in [4.78, 5) is 25.7. The van der Waals surface area contributed by atoms with Crippen LogP contribution in [-0.4, -0.2) is 55.2 Å². The first-order valence-electron chi connectivity index (χ1n) is 10.0. The molecule has 0 spiro atoms. The van der Waals surface area contributed by atoms with Gasteiger partial charge >= 0.3 is 12.2 Å². The third-order valence-electron chi connectivity index (χ3n) is 3.65. The van der Waals surface area contributed by atoms with Crippen LogP contribution in [0.4, 0.5) is 15.3 Å². The topological polar surface area (TPSA) is 119 Å². The molecule has 10 nitrogen and oxygen atoms in total. The Morgan fingerprint density at radius 2 is 1.58 bits per heavy atom. The molecule has 2 rings (SSSR count). The first-order valence-corrected chi connectivity index (χ1v) is 10.0. The van der Waals surface area contributed by atoms with Gasteiger partial charge in [0.2, 0.25) is 5.82 Å². The molecule has 1 aromatic heterocycles. The van der Waals surface area contributed by atoms with Gasteiger partial charge in [0.1, 0.15) is 11.2 Å². The van der Waals surface area contributed by atoms with Gasteiger partial charge in [-0.2, -0.15) is 0 Å². The number of anilines is 1. The standard InChI is InChI=1S/C21H30N6O4/c1-8-27(19(29)31-21(5,6)7)13-16-23-25-17(26-24-16)14-10-9-11-15(12-14)22-18(28)30-20(2,3)4/h9-12H,8,13H2,1-7H3,(H,22,28). The zero-order valence-electron chi connectivity index (χ0n) is 19.1. The molecule has 1 aromatic carbocycles. The van der Waals surface area contributed by atoms with Crippen LogP contribution in [0.5, 0.6) is 0 Å². The molecular formula is C21H30N6O4. The Hall–Kier alpha value is -3.30. The van der Waals surface area contributed by atoms with E-state index in [2.05, 4.69) is 25.7 Å². The number of benzene rings is 1. The van der Waals surface area contributed by atoms with Gasteiger partial charge in [-0.05, 0) is 60.6 Å². The highest BCUT2D eigenvalue weighted by Gasteiger charge is 2.22. The lowest BCUT2D eigenvalue weighted by molar-refractivity contribution is 0.0238. The summed E-state index contributed by atoms with van der Waals surface area (Å²) in [6.45, 7) is 13.2. The van der Waals surface area contributed by atoms with Gasteiger partial charge in [-0.3, -0.25) is 5.32 Å². The van der Waals surface area contributed by atoms with Crippen molar-refractivity contribution < 1.29 is 19.1 Å². The SMILES string of the molecule is CCN(Cc1nnc(-c2cccc(NC(=O)OC(C)(C)C)c2)nn1)C(=O)OC(C)(C)C. The normalized spacial score (nSPS) is 11.6. The van der Waals surface area contributed by atoms with E-state index in [0.717, 1.165) is 0 Å². The maximum absolute atomic E-state index is 12.3. The van der Waals surface area contributed by atoms with E-state index < -0.39 is 23.4 Å². The molecule has 0 aliphatic carbocycles. The monoisotopic (exact) mass is 430 g/mol. The number of aromatic nitrogens is 4. The van der Waals surface area contributed by atoms with E-state index in [1.165, 1.54) is 4.90 Å². The van der Waals surface area contributed by atoms with Gasteiger partial charge in [0.05, 0.1) is 6.54 Å². The Balaban J connectivity index is 2.08. The van der Waals surface area contributed by atoms with Crippen molar-refractivity contribution in [1.29, 1.82) is 0 Å². The molecule has 0 bridgehead atoms. The summed E-state index contributed by atoms with van der Waals surface area (Å²) in [5.41, 5.74) is -0.0364. The van der Waals surface area contributed by atoms with Crippen molar-refractivity contribution in [3.63, 3.8) is 0 Å². The summed E-state index contributed by atoms with van der Waals surface area (Å²) >= 11 is 0. The number of nitrogens with zero attached hydrogens (tertiary/aromatic N) is 5. The van der Waals surface area contributed by atoms with E-state index in [4.69, 9.17) is 9.47 Å². The number of nitrogens with one attached hydrogen (secondary N) is 1. The highest BCUT2D eigenvalue weighted by atomic mass is 16.6. The number of carbonyl (C=O) groups is 2. The van der Waals surface area contributed by atoms with Crippen molar-refractivity contribution in [2.24, 2.45) is 0 Å². The third-order valence-corrected chi connectivity index (χ3v) is 3.65. The zero-order valence-corrected chi connectivity index (χ0v) is 19.1. The lowest BCUT2D eigenvalue weighted by Crippen LogP contribution is -2.36. The van der Waals surface area contributed by atoms with E-state index >= 15 is 0 Å². The minimum atomic E-state index is -0.597. The molecule has 0 aliphatic rings. The number of hydrogen-bond acceptors (Lipinski definition) is 8. The predicted octanol–water partition coefficient (Wildman–Crippen LogP) is 4.04. The van der Waals surface area contributed by atoms with Gasteiger partial charge in [0.25, 0.3) is 0 Å². The smallest absolute Gasteiger partial charge is 0.412 e. The second kappa shape index (κ2) is 9.67. The van der Waals surface area contributed by atoms with Crippen LogP contribution in [0.2, 0.25) is 0 Å². The number of amides is 2. The summed E-state index contributed by atoms with van der Waals surface area (Å²) in [6, 6.07) is 6.95. The molecule has 2 aromatic rings. The summed E-state index contributed by atoms with van der Waals surface area (Å²) in [5, 5.41) is 19.0. The van der Waals surface area contributed by atoms with Crippen LogP contribution in [0, 0.1) is 0 Å². The van der Waals surface area contributed by atoms with E-state index in [1.807, 2.05) is 6.92 Å². The predicted molar refractivity (Wildman–Crippen MR) is 115 cm³/mol.